The Kier molecular flexibility index (Phi) is 5.90. The number of aliphatic hydroxyl groups excluding tert-OH is 1. The number of aliphatic hydroxyl groups is 1. The second-order valence-electron chi connectivity index (χ2n) is 7.90. The molecular formula is C21H22Cl2N2O4. The highest BCUT2D eigenvalue weighted by molar-refractivity contribution is 6.36. The molecule has 1 aromatic heterocycles. The van der Waals surface area contributed by atoms with Gasteiger partial charge in [0.15, 0.2) is 0 Å². The van der Waals surface area contributed by atoms with E-state index in [0.717, 1.165) is 0 Å². The van der Waals surface area contributed by atoms with Crippen LogP contribution in [0.2, 0.25) is 10.0 Å². The van der Waals surface area contributed by atoms with Crippen LogP contribution in [-0.4, -0.2) is 39.0 Å². The summed E-state index contributed by atoms with van der Waals surface area (Å²) in [5, 5.41) is 10.8. The van der Waals surface area contributed by atoms with E-state index in [4.69, 9.17) is 27.9 Å². The number of hydrogen-bond acceptors (Lipinski definition) is 5. The highest BCUT2D eigenvalue weighted by atomic mass is 35.5. The van der Waals surface area contributed by atoms with Crippen molar-refractivity contribution in [2.45, 2.75) is 46.4 Å². The van der Waals surface area contributed by atoms with Crippen molar-refractivity contribution in [3.05, 3.63) is 50.8 Å². The average Bonchev–Trinajstić information content (AvgIpc) is 2.87. The normalized spacial score (nSPS) is 13.6. The molecule has 154 valence electrons. The number of carbonyl (C=O) groups excluding carboxylic acids is 2. The molecule has 6 nitrogen and oxygen atoms in total. The first-order chi connectivity index (χ1) is 13.5. The van der Waals surface area contributed by atoms with Gasteiger partial charge in [0.1, 0.15) is 12.1 Å². The molecule has 1 N–H and O–H groups in total. The van der Waals surface area contributed by atoms with Gasteiger partial charge in [0.2, 0.25) is 0 Å². The summed E-state index contributed by atoms with van der Waals surface area (Å²) in [7, 11) is 0. The second-order valence-corrected chi connectivity index (χ2v) is 8.75. The molecule has 8 heteroatoms. The molecule has 0 aliphatic carbocycles. The first-order valence-electron chi connectivity index (χ1n) is 9.11. The summed E-state index contributed by atoms with van der Waals surface area (Å²) in [6, 6.07) is 4.96. The maximum absolute atomic E-state index is 13.2. The molecule has 1 aliphatic heterocycles. The molecule has 0 radical (unpaired) electrons. The van der Waals surface area contributed by atoms with Crippen LogP contribution in [0.25, 0.3) is 11.1 Å². The van der Waals surface area contributed by atoms with Crippen LogP contribution in [-0.2, 0) is 22.7 Å². The molecule has 0 saturated heterocycles. The molecule has 0 fully saturated rings. The number of hydrogen-bond donors (Lipinski definition) is 1. The van der Waals surface area contributed by atoms with E-state index < -0.39 is 11.6 Å². The van der Waals surface area contributed by atoms with Crippen molar-refractivity contribution < 1.29 is 19.4 Å². The van der Waals surface area contributed by atoms with Crippen LogP contribution < -0.4 is 0 Å². The Bertz CT molecular complexity index is 999. The number of esters is 1. The Morgan fingerprint density at radius 1 is 1.28 bits per heavy atom. The zero-order valence-electron chi connectivity index (χ0n) is 16.7. The summed E-state index contributed by atoms with van der Waals surface area (Å²) in [5.74, 6) is -0.849. The van der Waals surface area contributed by atoms with Crippen molar-refractivity contribution in [3.63, 3.8) is 0 Å². The van der Waals surface area contributed by atoms with Crippen molar-refractivity contribution in [2.24, 2.45) is 0 Å². The van der Waals surface area contributed by atoms with Crippen LogP contribution in [0.15, 0.2) is 18.2 Å². The van der Waals surface area contributed by atoms with Crippen molar-refractivity contribution >= 4 is 35.1 Å². The van der Waals surface area contributed by atoms with E-state index in [9.17, 15) is 14.7 Å². The van der Waals surface area contributed by atoms with Gasteiger partial charge >= 0.3 is 5.97 Å². The first kappa shape index (κ1) is 21.6. The maximum atomic E-state index is 13.2. The van der Waals surface area contributed by atoms with Gasteiger partial charge in [-0.05, 0) is 39.8 Å². The Labute approximate surface area is 179 Å². The van der Waals surface area contributed by atoms with Crippen molar-refractivity contribution in [1.29, 1.82) is 0 Å². The summed E-state index contributed by atoms with van der Waals surface area (Å²) in [6.07, 6.45) is 0. The number of carbonyl (C=O) groups is 2. The van der Waals surface area contributed by atoms with E-state index in [2.05, 4.69) is 4.98 Å². The minimum absolute atomic E-state index is 0.179. The lowest BCUT2D eigenvalue weighted by Gasteiger charge is -2.22. The lowest BCUT2D eigenvalue weighted by Crippen LogP contribution is -2.35. The van der Waals surface area contributed by atoms with Crippen molar-refractivity contribution in [2.75, 3.05) is 6.54 Å². The Balaban J connectivity index is 2.07. The van der Waals surface area contributed by atoms with Crippen molar-refractivity contribution in [1.82, 2.24) is 9.88 Å². The van der Waals surface area contributed by atoms with Crippen LogP contribution in [0.1, 0.15) is 48.1 Å². The quantitative estimate of drug-likeness (QED) is 0.727. The minimum Gasteiger partial charge on any atom is -0.459 e. The molecular weight excluding hydrogens is 415 g/mol. The van der Waals surface area contributed by atoms with Gasteiger partial charge in [-0.2, -0.15) is 0 Å². The largest absolute Gasteiger partial charge is 0.459 e. The highest BCUT2D eigenvalue weighted by Gasteiger charge is 2.36. The fourth-order valence-corrected chi connectivity index (χ4v) is 3.90. The predicted molar refractivity (Wildman–Crippen MR) is 111 cm³/mol. The van der Waals surface area contributed by atoms with Gasteiger partial charge < -0.3 is 14.7 Å². The first-order valence-corrected chi connectivity index (χ1v) is 9.87. The van der Waals surface area contributed by atoms with Gasteiger partial charge in [-0.1, -0.05) is 29.3 Å². The summed E-state index contributed by atoms with van der Waals surface area (Å²) >= 11 is 12.4. The number of halogens is 2. The number of rotatable bonds is 4. The topological polar surface area (TPSA) is 79.7 Å². The molecule has 0 bridgehead atoms. The summed E-state index contributed by atoms with van der Waals surface area (Å²) in [6.45, 7) is 6.76. The SMILES string of the molecule is Cc1nc2c(c(-c3ccc(Cl)cc3Cl)c1CO)C(=O)N(CC(=O)OC(C)(C)C)C2. The van der Waals surface area contributed by atoms with Gasteiger partial charge in [0, 0.05) is 32.4 Å². The number of aromatic nitrogens is 1. The van der Waals surface area contributed by atoms with Crippen molar-refractivity contribution in [3.8, 4) is 11.1 Å². The summed E-state index contributed by atoms with van der Waals surface area (Å²) in [5.41, 5.74) is 2.44. The molecule has 3 rings (SSSR count). The third-order valence-corrected chi connectivity index (χ3v) is 5.07. The monoisotopic (exact) mass is 436 g/mol. The molecule has 1 aliphatic rings. The fourth-order valence-electron chi connectivity index (χ4n) is 3.40. The van der Waals surface area contributed by atoms with Crippen LogP contribution >= 0.6 is 23.2 Å². The van der Waals surface area contributed by atoms with E-state index in [1.807, 2.05) is 0 Å². The summed E-state index contributed by atoms with van der Waals surface area (Å²) in [4.78, 5) is 31.3. The molecule has 2 aromatic rings. The lowest BCUT2D eigenvalue weighted by atomic mass is 9.93. The Morgan fingerprint density at radius 3 is 2.55 bits per heavy atom. The van der Waals surface area contributed by atoms with Gasteiger partial charge in [0.25, 0.3) is 5.91 Å². The Hall–Kier alpha value is -2.15. The van der Waals surface area contributed by atoms with Crippen LogP contribution in [0, 0.1) is 6.92 Å². The van der Waals surface area contributed by atoms with E-state index in [1.165, 1.54) is 4.90 Å². The standard InChI is InChI=1S/C21H22Cl2N2O4/c1-11-14(10-26)18(13-6-5-12(22)7-15(13)23)19-16(24-11)8-25(20(19)28)9-17(27)29-21(2,3)4/h5-7,26H,8-10H2,1-4H3. The third kappa shape index (κ3) is 4.39. The number of pyridine rings is 1. The fraction of sp³-hybridized carbons (Fsp3) is 0.381. The number of nitrogens with zero attached hydrogens (tertiary/aromatic N) is 2. The van der Waals surface area contributed by atoms with Gasteiger partial charge in [-0.25, -0.2) is 0 Å². The Morgan fingerprint density at radius 2 is 1.97 bits per heavy atom. The number of fused-ring (bicyclic) bond motifs is 1. The average molecular weight is 437 g/mol. The van der Waals surface area contributed by atoms with Gasteiger partial charge in [0.05, 0.1) is 24.4 Å². The van der Waals surface area contributed by atoms with E-state index in [-0.39, 0.29) is 25.6 Å². The molecule has 0 saturated carbocycles. The molecule has 1 aromatic carbocycles. The zero-order chi connectivity index (χ0) is 21.5. The maximum Gasteiger partial charge on any atom is 0.326 e. The second kappa shape index (κ2) is 7.94. The van der Waals surface area contributed by atoms with Crippen LogP contribution in [0.5, 0.6) is 0 Å². The zero-order valence-corrected chi connectivity index (χ0v) is 18.2. The molecule has 0 spiro atoms. The highest BCUT2D eigenvalue weighted by Crippen LogP contribution is 2.40. The number of amides is 1. The van der Waals surface area contributed by atoms with Crippen LogP contribution in [0.3, 0.4) is 0 Å². The van der Waals surface area contributed by atoms with Crippen LogP contribution in [0.4, 0.5) is 0 Å². The number of benzene rings is 1. The molecule has 2 heterocycles. The third-order valence-electron chi connectivity index (χ3n) is 4.52. The molecule has 29 heavy (non-hydrogen) atoms. The minimum atomic E-state index is -0.645. The smallest absolute Gasteiger partial charge is 0.326 e. The summed E-state index contributed by atoms with van der Waals surface area (Å²) < 4.78 is 5.33. The van der Waals surface area contributed by atoms with E-state index >= 15 is 0 Å². The molecule has 0 unspecified atom stereocenters. The van der Waals surface area contributed by atoms with Gasteiger partial charge in [-0.3, -0.25) is 14.6 Å². The molecule has 1 amide bonds. The lowest BCUT2D eigenvalue weighted by molar-refractivity contribution is -0.155. The van der Waals surface area contributed by atoms with Gasteiger partial charge in [-0.15, -0.1) is 0 Å². The van der Waals surface area contributed by atoms with E-state index in [0.29, 0.717) is 43.7 Å². The number of aryl methyl sites for hydroxylation is 1. The van der Waals surface area contributed by atoms with E-state index in [1.54, 1.807) is 45.9 Å². The molecule has 0 atom stereocenters. The number of ether oxygens (including phenoxy) is 1. The predicted octanol–water partition coefficient (Wildman–Crippen LogP) is 4.15.